The van der Waals surface area contributed by atoms with Crippen LogP contribution in [0.2, 0.25) is 0 Å². The molecule has 0 aromatic rings. The predicted octanol–water partition coefficient (Wildman–Crippen LogP) is 0.861. The van der Waals surface area contributed by atoms with Crippen LogP contribution in [0.25, 0.3) is 0 Å². The molecular formula is C9H9F3O3. The van der Waals surface area contributed by atoms with Crippen LogP contribution in [-0.4, -0.2) is 29.5 Å². The summed E-state index contributed by atoms with van der Waals surface area (Å²) in [5.41, 5.74) is -2.32. The fourth-order valence-corrected chi connectivity index (χ4v) is 3.41. The topological polar surface area (TPSA) is 46.5 Å². The highest BCUT2D eigenvalue weighted by Gasteiger charge is 2.79. The molecule has 2 bridgehead atoms. The molecule has 6 heteroatoms. The van der Waals surface area contributed by atoms with Gasteiger partial charge in [-0.2, -0.15) is 13.2 Å². The van der Waals surface area contributed by atoms with Crippen LogP contribution in [0.5, 0.6) is 0 Å². The van der Waals surface area contributed by atoms with E-state index >= 15 is 0 Å². The summed E-state index contributed by atoms with van der Waals surface area (Å²) in [5, 5.41) is 9.56. The first-order chi connectivity index (χ1) is 6.88. The number of fused-ring (bicyclic) bond motifs is 1. The summed E-state index contributed by atoms with van der Waals surface area (Å²) in [4.78, 5) is 11.4. The first kappa shape index (κ1) is 9.45. The number of rotatable bonds is 0. The Hall–Kier alpha value is -0.780. The Morgan fingerprint density at radius 2 is 2.13 bits per heavy atom. The van der Waals surface area contributed by atoms with Crippen molar-refractivity contribution in [2.24, 2.45) is 17.3 Å². The highest BCUT2D eigenvalue weighted by atomic mass is 19.4. The van der Waals surface area contributed by atoms with E-state index in [1.807, 2.05) is 0 Å². The van der Waals surface area contributed by atoms with Gasteiger partial charge in [0, 0.05) is 5.92 Å². The zero-order valence-electron chi connectivity index (χ0n) is 7.62. The van der Waals surface area contributed by atoms with E-state index in [0.29, 0.717) is 0 Å². The standard InChI is InChI=1S/C9H9F3O3/c10-9(11,12)8-2-3-1-4(8)6(5(3)13)15-7(8)14/h3-6,13H,1-2H2/t3-,4-,5?,6-,8+/m0/s1. The van der Waals surface area contributed by atoms with Crippen molar-refractivity contribution >= 4 is 5.97 Å². The van der Waals surface area contributed by atoms with Crippen LogP contribution in [0.4, 0.5) is 13.2 Å². The average molecular weight is 222 g/mol. The van der Waals surface area contributed by atoms with Gasteiger partial charge >= 0.3 is 12.1 Å². The number of halogens is 3. The zero-order valence-corrected chi connectivity index (χ0v) is 7.62. The van der Waals surface area contributed by atoms with Gasteiger partial charge < -0.3 is 9.84 Å². The van der Waals surface area contributed by atoms with Gasteiger partial charge in [-0.25, -0.2) is 0 Å². The molecule has 3 nitrogen and oxygen atoms in total. The number of hydrogen-bond acceptors (Lipinski definition) is 3. The Bertz CT molecular complexity index is 340. The Labute approximate surface area is 83.2 Å². The molecule has 2 saturated carbocycles. The smallest absolute Gasteiger partial charge is 0.405 e. The van der Waals surface area contributed by atoms with Crippen molar-refractivity contribution in [3.63, 3.8) is 0 Å². The number of aliphatic hydroxyl groups is 1. The second kappa shape index (κ2) is 2.31. The molecule has 1 unspecified atom stereocenters. The number of aliphatic hydroxyl groups excluding tert-OH is 1. The molecule has 1 aliphatic heterocycles. The van der Waals surface area contributed by atoms with Gasteiger partial charge in [-0.3, -0.25) is 4.79 Å². The molecule has 0 aromatic carbocycles. The van der Waals surface area contributed by atoms with Gasteiger partial charge in [-0.05, 0) is 18.8 Å². The maximum Gasteiger partial charge on any atom is 0.405 e. The fourth-order valence-electron chi connectivity index (χ4n) is 3.41. The van der Waals surface area contributed by atoms with Gasteiger partial charge in [-0.1, -0.05) is 0 Å². The lowest BCUT2D eigenvalue weighted by Gasteiger charge is -2.31. The third-order valence-corrected chi connectivity index (χ3v) is 4.10. The number of hydrogen-bond donors (Lipinski definition) is 1. The van der Waals surface area contributed by atoms with Crippen LogP contribution >= 0.6 is 0 Å². The van der Waals surface area contributed by atoms with Gasteiger partial charge in [0.15, 0.2) is 5.41 Å². The average Bonchev–Trinajstić information content (AvgIpc) is 2.66. The molecule has 84 valence electrons. The number of esters is 1. The van der Waals surface area contributed by atoms with E-state index in [-0.39, 0.29) is 12.8 Å². The Balaban J connectivity index is 2.10. The van der Waals surface area contributed by atoms with Crippen molar-refractivity contribution in [1.82, 2.24) is 0 Å². The van der Waals surface area contributed by atoms with E-state index in [0.717, 1.165) is 0 Å². The van der Waals surface area contributed by atoms with E-state index in [4.69, 9.17) is 0 Å². The van der Waals surface area contributed by atoms with Gasteiger partial charge in [0.1, 0.15) is 6.10 Å². The normalized spacial score (nSPS) is 52.4. The fraction of sp³-hybridized carbons (Fsp3) is 0.889. The van der Waals surface area contributed by atoms with Crippen LogP contribution in [0.15, 0.2) is 0 Å². The van der Waals surface area contributed by atoms with E-state index in [1.165, 1.54) is 0 Å². The number of ether oxygens (including phenoxy) is 1. The lowest BCUT2D eigenvalue weighted by molar-refractivity contribution is -0.230. The quantitative estimate of drug-likeness (QED) is 0.618. The summed E-state index contributed by atoms with van der Waals surface area (Å²) in [5.74, 6) is -2.50. The Kier molecular flexibility index (Phi) is 1.46. The lowest BCUT2D eigenvalue weighted by atomic mass is 9.73. The first-order valence-electron chi connectivity index (χ1n) is 4.84. The summed E-state index contributed by atoms with van der Waals surface area (Å²) in [6, 6.07) is 0. The molecule has 0 spiro atoms. The van der Waals surface area contributed by atoms with E-state index < -0.39 is 41.6 Å². The van der Waals surface area contributed by atoms with Gasteiger partial charge in [0.25, 0.3) is 0 Å². The lowest BCUT2D eigenvalue weighted by Crippen LogP contribution is -2.47. The zero-order chi connectivity index (χ0) is 11.0. The van der Waals surface area contributed by atoms with Crippen LogP contribution in [0.3, 0.4) is 0 Å². The van der Waals surface area contributed by atoms with Gasteiger partial charge in [-0.15, -0.1) is 0 Å². The highest BCUT2D eigenvalue weighted by Crippen LogP contribution is 2.67. The van der Waals surface area contributed by atoms with Crippen molar-refractivity contribution in [3.8, 4) is 0 Å². The van der Waals surface area contributed by atoms with Crippen LogP contribution in [0, 0.1) is 17.3 Å². The molecule has 1 heterocycles. The van der Waals surface area contributed by atoms with Crippen molar-refractivity contribution < 1.29 is 27.8 Å². The summed E-state index contributed by atoms with van der Waals surface area (Å²) in [7, 11) is 0. The molecule has 3 rings (SSSR count). The minimum absolute atomic E-state index is 0.247. The predicted molar refractivity (Wildman–Crippen MR) is 40.6 cm³/mol. The summed E-state index contributed by atoms with van der Waals surface area (Å²) >= 11 is 0. The third kappa shape index (κ3) is 0.814. The van der Waals surface area contributed by atoms with Crippen molar-refractivity contribution in [3.05, 3.63) is 0 Å². The Morgan fingerprint density at radius 3 is 2.67 bits per heavy atom. The molecule has 0 aromatic heterocycles. The second-order valence-electron chi connectivity index (χ2n) is 4.64. The maximum atomic E-state index is 12.9. The molecule has 3 aliphatic rings. The van der Waals surface area contributed by atoms with Gasteiger partial charge in [0.2, 0.25) is 0 Å². The SMILES string of the molecule is O=C1O[C@@H]2C(O)[C@H]3C[C@@H]2[C@]1(C(F)(F)F)C3. The molecule has 1 N–H and O–H groups in total. The molecule has 0 amide bonds. The van der Waals surface area contributed by atoms with Crippen molar-refractivity contribution in [2.45, 2.75) is 31.2 Å². The summed E-state index contributed by atoms with van der Waals surface area (Å²) in [6.45, 7) is 0. The number of carbonyl (C=O) groups excluding carboxylic acids is 1. The molecule has 3 fully saturated rings. The summed E-state index contributed by atoms with van der Waals surface area (Å²) < 4.78 is 43.4. The van der Waals surface area contributed by atoms with Crippen LogP contribution in [0.1, 0.15) is 12.8 Å². The number of alkyl halides is 3. The monoisotopic (exact) mass is 222 g/mol. The Morgan fingerprint density at radius 1 is 1.47 bits per heavy atom. The molecule has 2 aliphatic carbocycles. The second-order valence-corrected chi connectivity index (χ2v) is 4.64. The van der Waals surface area contributed by atoms with Crippen molar-refractivity contribution in [1.29, 1.82) is 0 Å². The van der Waals surface area contributed by atoms with E-state index in [1.54, 1.807) is 0 Å². The van der Waals surface area contributed by atoms with Crippen LogP contribution in [-0.2, 0) is 9.53 Å². The molecule has 5 atom stereocenters. The largest absolute Gasteiger partial charge is 0.459 e. The van der Waals surface area contributed by atoms with E-state index in [9.17, 15) is 23.1 Å². The number of carbonyl (C=O) groups is 1. The van der Waals surface area contributed by atoms with Crippen LogP contribution < -0.4 is 0 Å². The maximum absolute atomic E-state index is 12.9. The molecule has 15 heavy (non-hydrogen) atoms. The van der Waals surface area contributed by atoms with Gasteiger partial charge in [0.05, 0.1) is 6.10 Å². The first-order valence-corrected chi connectivity index (χ1v) is 4.84. The highest BCUT2D eigenvalue weighted by molar-refractivity contribution is 5.82. The molecule has 1 saturated heterocycles. The van der Waals surface area contributed by atoms with Crippen molar-refractivity contribution in [2.75, 3.05) is 0 Å². The minimum atomic E-state index is -4.56. The van der Waals surface area contributed by atoms with E-state index in [2.05, 4.69) is 4.74 Å². The minimum Gasteiger partial charge on any atom is -0.459 e. The molecular weight excluding hydrogens is 213 g/mol. The third-order valence-electron chi connectivity index (χ3n) is 4.10. The summed E-state index contributed by atoms with van der Waals surface area (Å²) in [6.07, 6.45) is -6.46. The molecule has 0 radical (unpaired) electrons.